The van der Waals surface area contributed by atoms with Crippen LogP contribution in [0.1, 0.15) is 82.3 Å². The molecule has 4 nitrogen and oxygen atoms in total. The number of ether oxygens (including phenoxy) is 2. The Hall–Kier alpha value is -2.33. The molecule has 0 unspecified atom stereocenters. The van der Waals surface area contributed by atoms with Crippen LogP contribution in [0.25, 0.3) is 0 Å². The van der Waals surface area contributed by atoms with Crippen LogP contribution in [0.4, 0.5) is 0 Å². The van der Waals surface area contributed by atoms with Gasteiger partial charge in [0.25, 0.3) is 0 Å². The molecule has 0 amide bonds. The van der Waals surface area contributed by atoms with Crippen LogP contribution in [0.2, 0.25) is 0 Å². The molecule has 0 aliphatic heterocycles. The first-order chi connectivity index (χ1) is 17.0. The highest BCUT2D eigenvalue weighted by atomic mass is 16.5. The molecule has 4 heteroatoms. The second-order valence-electron chi connectivity index (χ2n) is 10.3. The normalized spacial score (nSPS) is 11.4. The number of benzene rings is 2. The lowest BCUT2D eigenvalue weighted by Crippen LogP contribution is -2.43. The SMILES string of the molecule is CCCCCCCCCCc1ccccc1OCCCCOC(=O)C[N+](C)(C)Cc1ccccc1. The van der Waals surface area contributed by atoms with E-state index in [1.807, 2.05) is 24.3 Å². The zero-order chi connectivity index (χ0) is 25.2. The lowest BCUT2D eigenvalue weighted by Gasteiger charge is -2.28. The van der Waals surface area contributed by atoms with Crippen molar-refractivity contribution in [3.8, 4) is 5.75 Å². The highest BCUT2D eigenvalue weighted by molar-refractivity contribution is 5.70. The number of unbranched alkanes of at least 4 members (excludes halogenated alkanes) is 8. The van der Waals surface area contributed by atoms with Crippen LogP contribution in [0.3, 0.4) is 0 Å². The largest absolute Gasteiger partial charge is 0.493 e. The Morgan fingerprint density at radius 1 is 0.743 bits per heavy atom. The minimum atomic E-state index is -0.137. The van der Waals surface area contributed by atoms with Crippen molar-refractivity contribution in [1.82, 2.24) is 0 Å². The van der Waals surface area contributed by atoms with Crippen molar-refractivity contribution in [2.24, 2.45) is 0 Å². The molecule has 0 radical (unpaired) electrons. The Labute approximate surface area is 214 Å². The molecule has 0 bridgehead atoms. The Morgan fingerprint density at radius 3 is 2.11 bits per heavy atom. The fourth-order valence-corrected chi connectivity index (χ4v) is 4.40. The van der Waals surface area contributed by atoms with E-state index >= 15 is 0 Å². The summed E-state index contributed by atoms with van der Waals surface area (Å²) in [6.45, 7) is 4.55. The van der Waals surface area contributed by atoms with Crippen molar-refractivity contribution >= 4 is 5.97 Å². The topological polar surface area (TPSA) is 35.5 Å². The van der Waals surface area contributed by atoms with Crippen molar-refractivity contribution in [2.75, 3.05) is 33.9 Å². The number of para-hydroxylation sites is 1. The number of hydrogen-bond donors (Lipinski definition) is 0. The molecule has 0 aromatic heterocycles. The van der Waals surface area contributed by atoms with Gasteiger partial charge in [0.15, 0.2) is 6.54 Å². The van der Waals surface area contributed by atoms with Gasteiger partial charge in [-0.3, -0.25) is 0 Å². The van der Waals surface area contributed by atoms with Crippen molar-refractivity contribution in [1.29, 1.82) is 0 Å². The number of carbonyl (C=O) groups is 1. The molecule has 0 aliphatic rings. The summed E-state index contributed by atoms with van der Waals surface area (Å²) in [4.78, 5) is 12.3. The van der Waals surface area contributed by atoms with Crippen molar-refractivity contribution in [2.45, 2.75) is 84.1 Å². The second-order valence-corrected chi connectivity index (χ2v) is 10.3. The molecule has 0 spiro atoms. The molecule has 2 rings (SSSR count). The monoisotopic (exact) mass is 482 g/mol. The molecule has 2 aromatic rings. The third-order valence-corrected chi connectivity index (χ3v) is 6.34. The molecule has 0 N–H and O–H groups in total. The van der Waals surface area contributed by atoms with Gasteiger partial charge >= 0.3 is 5.97 Å². The number of esters is 1. The van der Waals surface area contributed by atoms with Gasteiger partial charge in [-0.2, -0.15) is 0 Å². The van der Waals surface area contributed by atoms with E-state index in [2.05, 4.69) is 51.4 Å². The molecule has 35 heavy (non-hydrogen) atoms. The first kappa shape index (κ1) is 28.9. The zero-order valence-electron chi connectivity index (χ0n) is 22.5. The molecule has 0 saturated carbocycles. The first-order valence-corrected chi connectivity index (χ1v) is 13.7. The minimum absolute atomic E-state index is 0.137. The van der Waals surface area contributed by atoms with Crippen LogP contribution in [-0.4, -0.2) is 44.3 Å². The number of carbonyl (C=O) groups excluding carboxylic acids is 1. The summed E-state index contributed by atoms with van der Waals surface area (Å²) in [7, 11) is 4.13. The number of rotatable bonds is 19. The van der Waals surface area contributed by atoms with E-state index in [0.717, 1.165) is 31.6 Å². The Balaban J connectivity index is 1.56. The highest BCUT2D eigenvalue weighted by Crippen LogP contribution is 2.21. The Kier molecular flexibility index (Phi) is 14.2. The maximum Gasteiger partial charge on any atom is 0.361 e. The summed E-state index contributed by atoms with van der Waals surface area (Å²) in [5, 5.41) is 0. The van der Waals surface area contributed by atoms with Gasteiger partial charge in [-0.25, -0.2) is 4.79 Å². The van der Waals surface area contributed by atoms with E-state index in [4.69, 9.17) is 9.47 Å². The Morgan fingerprint density at radius 2 is 1.37 bits per heavy atom. The van der Waals surface area contributed by atoms with Crippen LogP contribution in [0, 0.1) is 0 Å². The number of quaternary nitrogens is 1. The molecule has 0 atom stereocenters. The Bertz CT molecular complexity index is 819. The van der Waals surface area contributed by atoms with Gasteiger partial charge in [-0.15, -0.1) is 0 Å². The number of aryl methyl sites for hydroxylation is 1. The van der Waals surface area contributed by atoms with Gasteiger partial charge in [-0.05, 0) is 37.3 Å². The average molecular weight is 483 g/mol. The average Bonchev–Trinajstić information content (AvgIpc) is 2.83. The van der Waals surface area contributed by atoms with Crippen LogP contribution in [-0.2, 0) is 22.5 Å². The van der Waals surface area contributed by atoms with E-state index < -0.39 is 0 Å². The molecule has 0 aliphatic carbocycles. The quantitative estimate of drug-likeness (QED) is 0.119. The molecular weight excluding hydrogens is 434 g/mol. The van der Waals surface area contributed by atoms with E-state index in [1.165, 1.54) is 62.5 Å². The summed E-state index contributed by atoms with van der Waals surface area (Å²) in [6.07, 6.45) is 13.5. The molecule has 2 aromatic carbocycles. The molecule has 0 heterocycles. The standard InChI is InChI=1S/C31H48NO3/c1-4-5-6-7-8-9-10-14-21-29-22-15-16-23-30(29)34-24-17-18-25-35-31(33)27-32(2,3)26-28-19-12-11-13-20-28/h11-13,15-16,19-20,22-23H,4-10,14,17-18,21,24-27H2,1-3H3/q+1. The number of nitrogens with zero attached hydrogens (tertiary/aromatic N) is 1. The van der Waals surface area contributed by atoms with Crippen molar-refractivity contribution < 1.29 is 18.8 Å². The zero-order valence-corrected chi connectivity index (χ0v) is 22.5. The van der Waals surface area contributed by atoms with E-state index in [1.54, 1.807) is 0 Å². The summed E-state index contributed by atoms with van der Waals surface area (Å²) < 4.78 is 12.1. The van der Waals surface area contributed by atoms with Crippen LogP contribution < -0.4 is 4.74 Å². The predicted octanol–water partition coefficient (Wildman–Crippen LogP) is 7.35. The summed E-state index contributed by atoms with van der Waals surface area (Å²) in [6, 6.07) is 18.7. The first-order valence-electron chi connectivity index (χ1n) is 13.7. The van der Waals surface area contributed by atoms with Crippen molar-refractivity contribution in [3.05, 3.63) is 65.7 Å². The summed E-state index contributed by atoms with van der Waals surface area (Å²) in [5.74, 6) is 0.870. The third-order valence-electron chi connectivity index (χ3n) is 6.34. The lowest BCUT2D eigenvalue weighted by molar-refractivity contribution is -0.896. The van der Waals surface area contributed by atoms with Crippen LogP contribution >= 0.6 is 0 Å². The fraction of sp³-hybridized carbons (Fsp3) is 0.581. The molecule has 0 saturated heterocycles. The number of hydrogen-bond acceptors (Lipinski definition) is 3. The van der Waals surface area contributed by atoms with Gasteiger partial charge < -0.3 is 14.0 Å². The summed E-state index contributed by atoms with van der Waals surface area (Å²) in [5.41, 5.74) is 2.54. The molecule has 194 valence electrons. The maximum absolute atomic E-state index is 12.3. The van der Waals surface area contributed by atoms with Gasteiger partial charge in [0.05, 0.1) is 27.3 Å². The minimum Gasteiger partial charge on any atom is -0.493 e. The molecule has 0 fully saturated rings. The van der Waals surface area contributed by atoms with Crippen LogP contribution in [0.15, 0.2) is 54.6 Å². The maximum atomic E-state index is 12.3. The third kappa shape index (κ3) is 13.4. The van der Waals surface area contributed by atoms with E-state index in [9.17, 15) is 4.79 Å². The van der Waals surface area contributed by atoms with Gasteiger partial charge in [0.2, 0.25) is 0 Å². The molecular formula is C31H48NO3+. The smallest absolute Gasteiger partial charge is 0.361 e. The number of likely N-dealkylation sites (N-methyl/N-ethyl adjacent to an activating group) is 1. The highest BCUT2D eigenvalue weighted by Gasteiger charge is 2.21. The van der Waals surface area contributed by atoms with Gasteiger partial charge in [0, 0.05) is 5.56 Å². The van der Waals surface area contributed by atoms with Gasteiger partial charge in [-0.1, -0.05) is 100 Å². The van der Waals surface area contributed by atoms with E-state index in [-0.39, 0.29) is 5.97 Å². The predicted molar refractivity (Wildman–Crippen MR) is 146 cm³/mol. The van der Waals surface area contributed by atoms with E-state index in [0.29, 0.717) is 24.2 Å². The lowest BCUT2D eigenvalue weighted by atomic mass is 10.0. The van der Waals surface area contributed by atoms with Crippen LogP contribution in [0.5, 0.6) is 5.75 Å². The summed E-state index contributed by atoms with van der Waals surface area (Å²) >= 11 is 0. The van der Waals surface area contributed by atoms with Crippen molar-refractivity contribution in [3.63, 3.8) is 0 Å². The van der Waals surface area contributed by atoms with Gasteiger partial charge in [0.1, 0.15) is 12.3 Å². The fourth-order valence-electron chi connectivity index (χ4n) is 4.40. The second kappa shape index (κ2) is 17.2.